The quantitative estimate of drug-likeness (QED) is 0.286. The van der Waals surface area contributed by atoms with E-state index in [1.165, 1.54) is 6.08 Å². The van der Waals surface area contributed by atoms with Gasteiger partial charge in [-0.2, -0.15) is 15.2 Å². The molecule has 2 aliphatic heterocycles. The summed E-state index contributed by atoms with van der Waals surface area (Å²) in [7, 11) is 2.07. The normalized spacial score (nSPS) is 19.1. The van der Waals surface area contributed by atoms with Crippen molar-refractivity contribution >= 4 is 33.4 Å². The molecule has 0 spiro atoms. The van der Waals surface area contributed by atoms with Crippen LogP contribution in [0.1, 0.15) is 24.8 Å². The first kappa shape index (κ1) is 28.5. The Labute approximate surface area is 250 Å². The number of rotatable bonds is 7. The van der Waals surface area contributed by atoms with E-state index >= 15 is 4.39 Å². The number of carbonyl (C=O) groups excluding carboxylic acids is 1. The molecule has 0 saturated carbocycles. The number of pyridine rings is 1. The molecular formula is C33H34FN7O2. The SMILES string of the molecule is C=CC(=O)N1CCN(c2nc(OCC3CCCN3C)nc3c(F)c(-c4cccc5cccc(C)c45)ncc23)C[C@@H]1CC#N. The Balaban J connectivity index is 1.46. The zero-order valence-corrected chi connectivity index (χ0v) is 24.5. The average Bonchev–Trinajstić information content (AvgIpc) is 3.44. The van der Waals surface area contributed by atoms with Gasteiger partial charge in [-0.3, -0.25) is 9.78 Å². The van der Waals surface area contributed by atoms with Crippen molar-refractivity contribution in [2.45, 2.75) is 38.3 Å². The molecule has 4 aromatic rings. The Morgan fingerprint density at radius 2 is 2.00 bits per heavy atom. The number of carbonyl (C=O) groups is 1. The van der Waals surface area contributed by atoms with Crippen LogP contribution in [0, 0.1) is 24.1 Å². The van der Waals surface area contributed by atoms with Gasteiger partial charge in [0.1, 0.15) is 23.6 Å². The summed E-state index contributed by atoms with van der Waals surface area (Å²) in [5.74, 6) is -0.297. The minimum absolute atomic E-state index is 0.0920. The van der Waals surface area contributed by atoms with Crippen LogP contribution in [0.4, 0.5) is 10.2 Å². The molecule has 2 aromatic heterocycles. The first-order chi connectivity index (χ1) is 20.9. The standard InChI is InChI=1S/C33H34FN7O2/c1-4-27(42)41-17-16-40(19-23(41)13-14-35)32-26-18-36-30(25-12-6-10-22-9-5-8-21(2)28(22)25)29(34)31(26)37-33(38-32)43-20-24-11-7-15-39(24)3/h4-6,8-10,12,18,23-24H,1,7,11,13,15-17,19-20H2,2-3H3/t23-,24?/m0/s1. The molecule has 10 heteroatoms. The van der Waals surface area contributed by atoms with Crippen LogP contribution in [0.5, 0.6) is 6.01 Å². The molecule has 220 valence electrons. The highest BCUT2D eigenvalue weighted by Gasteiger charge is 2.32. The van der Waals surface area contributed by atoms with Gasteiger partial charge in [0, 0.05) is 37.4 Å². The number of nitriles is 1. The Kier molecular flexibility index (Phi) is 7.91. The van der Waals surface area contributed by atoms with E-state index in [-0.39, 0.29) is 41.6 Å². The lowest BCUT2D eigenvalue weighted by Gasteiger charge is -2.41. The molecule has 1 unspecified atom stereocenters. The largest absolute Gasteiger partial charge is 0.462 e. The smallest absolute Gasteiger partial charge is 0.319 e. The Hall–Kier alpha value is -4.62. The second-order valence-electron chi connectivity index (χ2n) is 11.3. The van der Waals surface area contributed by atoms with E-state index in [9.17, 15) is 10.1 Å². The molecule has 9 nitrogen and oxygen atoms in total. The van der Waals surface area contributed by atoms with Crippen molar-refractivity contribution in [2.75, 3.05) is 44.7 Å². The molecule has 4 heterocycles. The van der Waals surface area contributed by atoms with Crippen molar-refractivity contribution in [2.24, 2.45) is 0 Å². The van der Waals surface area contributed by atoms with Crippen molar-refractivity contribution < 1.29 is 13.9 Å². The van der Waals surface area contributed by atoms with Crippen LogP contribution in [0.15, 0.2) is 55.3 Å². The number of anilines is 1. The highest BCUT2D eigenvalue weighted by atomic mass is 19.1. The van der Waals surface area contributed by atoms with Gasteiger partial charge in [0.2, 0.25) is 5.91 Å². The number of amides is 1. The summed E-state index contributed by atoms with van der Waals surface area (Å²) in [6, 6.07) is 13.9. The van der Waals surface area contributed by atoms with Gasteiger partial charge in [0.05, 0.1) is 23.9 Å². The number of benzene rings is 2. The lowest BCUT2D eigenvalue weighted by Crippen LogP contribution is -2.55. The number of hydrogen-bond donors (Lipinski definition) is 0. The molecule has 2 aromatic carbocycles. The van der Waals surface area contributed by atoms with E-state index in [2.05, 4.69) is 34.6 Å². The van der Waals surface area contributed by atoms with E-state index in [1.54, 1.807) is 11.1 Å². The highest BCUT2D eigenvalue weighted by Crippen LogP contribution is 2.36. The second kappa shape index (κ2) is 11.9. The number of nitrogens with zero attached hydrogens (tertiary/aromatic N) is 7. The topological polar surface area (TPSA) is 98.5 Å². The van der Waals surface area contributed by atoms with Crippen molar-refractivity contribution in [3.8, 4) is 23.3 Å². The summed E-state index contributed by atoms with van der Waals surface area (Å²) >= 11 is 0. The van der Waals surface area contributed by atoms with Crippen LogP contribution in [-0.4, -0.2) is 82.6 Å². The minimum Gasteiger partial charge on any atom is -0.462 e. The van der Waals surface area contributed by atoms with Crippen LogP contribution in [0.2, 0.25) is 0 Å². The fourth-order valence-electron chi connectivity index (χ4n) is 6.34. The van der Waals surface area contributed by atoms with Crippen molar-refractivity contribution in [3.63, 3.8) is 0 Å². The molecule has 2 aliphatic rings. The van der Waals surface area contributed by atoms with E-state index in [0.29, 0.717) is 43.0 Å². The van der Waals surface area contributed by atoms with Gasteiger partial charge < -0.3 is 19.4 Å². The van der Waals surface area contributed by atoms with E-state index in [1.807, 2.05) is 48.2 Å². The Bertz CT molecular complexity index is 1750. The summed E-state index contributed by atoms with van der Waals surface area (Å²) in [5, 5.41) is 11.9. The first-order valence-electron chi connectivity index (χ1n) is 14.6. The van der Waals surface area contributed by atoms with Crippen molar-refractivity contribution in [3.05, 3.63) is 66.6 Å². The zero-order valence-electron chi connectivity index (χ0n) is 24.5. The number of aryl methyl sites for hydroxylation is 1. The van der Waals surface area contributed by atoms with Gasteiger partial charge in [0.25, 0.3) is 0 Å². The molecule has 6 rings (SSSR count). The fraction of sp³-hybridized carbons (Fsp3) is 0.364. The maximum atomic E-state index is 16.6. The van der Waals surface area contributed by atoms with Crippen molar-refractivity contribution in [1.82, 2.24) is 24.8 Å². The van der Waals surface area contributed by atoms with Gasteiger partial charge in [-0.15, -0.1) is 0 Å². The van der Waals surface area contributed by atoms with Crippen LogP contribution in [0.3, 0.4) is 0 Å². The monoisotopic (exact) mass is 579 g/mol. The number of likely N-dealkylation sites (tertiary alicyclic amines) is 1. The molecule has 2 atom stereocenters. The van der Waals surface area contributed by atoms with Gasteiger partial charge in [-0.1, -0.05) is 43.0 Å². The minimum atomic E-state index is -0.547. The Morgan fingerprint density at radius 1 is 1.19 bits per heavy atom. The van der Waals surface area contributed by atoms with Gasteiger partial charge in [-0.05, 0) is 55.8 Å². The van der Waals surface area contributed by atoms with Crippen LogP contribution in [0.25, 0.3) is 32.9 Å². The third-order valence-electron chi connectivity index (χ3n) is 8.65. The number of fused-ring (bicyclic) bond motifs is 2. The summed E-state index contributed by atoms with van der Waals surface area (Å²) in [6.45, 7) is 8.15. The second-order valence-corrected chi connectivity index (χ2v) is 11.3. The maximum Gasteiger partial charge on any atom is 0.319 e. The number of halogens is 1. The summed E-state index contributed by atoms with van der Waals surface area (Å²) in [6.07, 6.45) is 5.14. The molecule has 0 radical (unpaired) electrons. The van der Waals surface area contributed by atoms with E-state index < -0.39 is 5.82 Å². The summed E-state index contributed by atoms with van der Waals surface area (Å²) < 4.78 is 22.7. The van der Waals surface area contributed by atoms with Gasteiger partial charge in [-0.25, -0.2) is 4.39 Å². The predicted octanol–water partition coefficient (Wildman–Crippen LogP) is 4.88. The number of ether oxygens (including phenoxy) is 1. The number of aromatic nitrogens is 3. The maximum absolute atomic E-state index is 16.6. The van der Waals surface area contributed by atoms with Crippen LogP contribution < -0.4 is 9.64 Å². The fourth-order valence-corrected chi connectivity index (χ4v) is 6.34. The molecular weight excluding hydrogens is 545 g/mol. The molecule has 2 fully saturated rings. The predicted molar refractivity (Wildman–Crippen MR) is 164 cm³/mol. The zero-order chi connectivity index (χ0) is 30.1. The highest BCUT2D eigenvalue weighted by molar-refractivity contribution is 6.00. The van der Waals surface area contributed by atoms with Crippen LogP contribution >= 0.6 is 0 Å². The lowest BCUT2D eigenvalue weighted by molar-refractivity contribution is -0.128. The third-order valence-corrected chi connectivity index (χ3v) is 8.65. The van der Waals surface area contributed by atoms with Gasteiger partial charge >= 0.3 is 6.01 Å². The first-order valence-corrected chi connectivity index (χ1v) is 14.6. The molecule has 43 heavy (non-hydrogen) atoms. The van der Waals surface area contributed by atoms with Crippen molar-refractivity contribution in [1.29, 1.82) is 5.26 Å². The van der Waals surface area contributed by atoms with Crippen LogP contribution in [-0.2, 0) is 4.79 Å². The van der Waals surface area contributed by atoms with E-state index in [4.69, 9.17) is 9.72 Å². The summed E-state index contributed by atoms with van der Waals surface area (Å²) in [4.78, 5) is 32.4. The average molecular weight is 580 g/mol. The Morgan fingerprint density at radius 3 is 2.74 bits per heavy atom. The lowest BCUT2D eigenvalue weighted by atomic mass is 9.97. The third kappa shape index (κ3) is 5.37. The number of piperazine rings is 1. The number of hydrogen-bond acceptors (Lipinski definition) is 8. The van der Waals surface area contributed by atoms with E-state index in [0.717, 1.165) is 35.7 Å². The molecule has 0 aliphatic carbocycles. The molecule has 0 N–H and O–H groups in total. The molecule has 0 bridgehead atoms. The summed E-state index contributed by atoms with van der Waals surface area (Å²) in [5.41, 5.74) is 2.05. The molecule has 2 saturated heterocycles. The number of likely N-dealkylation sites (N-methyl/N-ethyl adjacent to an activating group) is 1. The van der Waals surface area contributed by atoms with Gasteiger partial charge in [0.15, 0.2) is 5.82 Å². The molecule has 1 amide bonds.